The molecule has 3 aromatic rings. The second kappa shape index (κ2) is 14.8. The lowest BCUT2D eigenvalue weighted by Crippen LogP contribution is -2.42. The number of ether oxygens (including phenoxy) is 1. The highest BCUT2D eigenvalue weighted by molar-refractivity contribution is 7.71. The van der Waals surface area contributed by atoms with E-state index in [0.29, 0.717) is 11.0 Å². The van der Waals surface area contributed by atoms with E-state index >= 15 is 0 Å². The molecule has 0 aliphatic carbocycles. The molecule has 26 heteroatoms. The Labute approximate surface area is 301 Å². The summed E-state index contributed by atoms with van der Waals surface area (Å²) >= 11 is 5.24. The Bertz CT molecular complexity index is 2360. The Kier molecular flexibility index (Phi) is 10.9. The van der Waals surface area contributed by atoms with E-state index in [4.69, 9.17) is 27.2 Å². The number of phosphoric ester groups is 2. The number of anilines is 1. The molecule has 0 amide bonds. The summed E-state index contributed by atoms with van der Waals surface area (Å²) in [4.78, 5) is 55.0. The van der Waals surface area contributed by atoms with E-state index in [9.17, 15) is 49.2 Å². The van der Waals surface area contributed by atoms with Gasteiger partial charge in [0.1, 0.15) is 58.8 Å². The van der Waals surface area contributed by atoms with Crippen LogP contribution in [-0.4, -0.2) is 124 Å². The van der Waals surface area contributed by atoms with Gasteiger partial charge in [0.25, 0.3) is 0 Å². The number of imidazole rings is 1. The number of aromatic amines is 1. The van der Waals surface area contributed by atoms with Gasteiger partial charge >= 0.3 is 21.3 Å². The van der Waals surface area contributed by atoms with Gasteiger partial charge in [-0.05, 0) is 37.1 Å². The van der Waals surface area contributed by atoms with Crippen LogP contribution in [0.15, 0.2) is 29.6 Å². The Morgan fingerprint density at radius 3 is 2.45 bits per heavy atom. The zero-order valence-corrected chi connectivity index (χ0v) is 30.1. The zero-order valence-electron chi connectivity index (χ0n) is 27.5. The lowest BCUT2D eigenvalue weighted by molar-refractivity contribution is -0.0794. The molecule has 23 nitrogen and oxygen atoms in total. The van der Waals surface area contributed by atoms with E-state index in [-0.39, 0.29) is 33.1 Å². The first-order valence-electron chi connectivity index (χ1n) is 15.4. The molecule has 0 bridgehead atoms. The topological polar surface area (TPSA) is 346 Å². The number of aliphatic hydroxyl groups excluding tert-OH is 5. The summed E-state index contributed by atoms with van der Waals surface area (Å²) < 4.78 is 46.8. The van der Waals surface area contributed by atoms with Gasteiger partial charge in [-0.2, -0.15) is 9.29 Å². The highest BCUT2D eigenvalue weighted by Gasteiger charge is 2.46. The first kappa shape index (κ1) is 39.0. The Balaban J connectivity index is 1.07. The molecule has 9 atom stereocenters. The van der Waals surface area contributed by atoms with Gasteiger partial charge in [-0.3, -0.25) is 18.6 Å². The minimum absolute atomic E-state index is 0.0281. The smallest absolute Gasteiger partial charge is 0.388 e. The number of rotatable bonds is 13. The minimum Gasteiger partial charge on any atom is -0.388 e. The van der Waals surface area contributed by atoms with Crippen molar-refractivity contribution in [2.45, 2.75) is 63.2 Å². The van der Waals surface area contributed by atoms with Crippen LogP contribution in [0.5, 0.6) is 0 Å². The predicted octanol–water partition coefficient (Wildman–Crippen LogP) is -1.05. The summed E-state index contributed by atoms with van der Waals surface area (Å²) in [6.45, 7) is 1.03. The van der Waals surface area contributed by atoms with Gasteiger partial charge in [0.2, 0.25) is 0 Å². The molecule has 10 N–H and O–H groups in total. The van der Waals surface area contributed by atoms with Crippen LogP contribution in [0.2, 0.25) is 0 Å². The maximum Gasteiger partial charge on any atom is 0.481 e. The molecule has 2 unspecified atom stereocenters. The highest BCUT2D eigenvalue weighted by atomic mass is 32.1. The highest BCUT2D eigenvalue weighted by Crippen LogP contribution is 2.60. The molecule has 0 spiro atoms. The summed E-state index contributed by atoms with van der Waals surface area (Å²) in [5.74, 6) is 0.00227. The van der Waals surface area contributed by atoms with Crippen LogP contribution >= 0.6 is 27.9 Å². The summed E-state index contributed by atoms with van der Waals surface area (Å²) in [5, 5.41) is 53.2. The van der Waals surface area contributed by atoms with Crippen molar-refractivity contribution in [3.63, 3.8) is 0 Å². The molecule has 1 fully saturated rings. The van der Waals surface area contributed by atoms with E-state index in [2.05, 4.69) is 38.7 Å². The number of benzene rings is 1. The van der Waals surface area contributed by atoms with Gasteiger partial charge in [0.05, 0.1) is 37.1 Å². The molecule has 0 radical (unpaired) electrons. The third-order valence-electron chi connectivity index (χ3n) is 8.40. The van der Waals surface area contributed by atoms with Crippen molar-refractivity contribution in [3.05, 3.63) is 51.0 Å². The maximum atomic E-state index is 12.5. The second-order valence-corrected chi connectivity index (χ2v) is 15.5. The third kappa shape index (κ3) is 8.06. The number of hydrogen-bond acceptors (Lipinski definition) is 19. The summed E-state index contributed by atoms with van der Waals surface area (Å²) in [7, 11) is -11.0. The Morgan fingerprint density at radius 1 is 1.02 bits per heavy atom. The number of nitrogen functional groups attached to an aromatic ring is 1. The van der Waals surface area contributed by atoms with Gasteiger partial charge in [-0.25, -0.2) is 33.9 Å². The summed E-state index contributed by atoms with van der Waals surface area (Å²) in [6, 6.07) is 3.46. The third-order valence-corrected chi connectivity index (χ3v) is 11.3. The Hall–Kier alpha value is -3.71. The van der Waals surface area contributed by atoms with Crippen molar-refractivity contribution in [1.29, 1.82) is 0 Å². The van der Waals surface area contributed by atoms with Gasteiger partial charge in [-0.1, -0.05) is 12.2 Å². The minimum atomic E-state index is -5.52. The molecule has 5 heterocycles. The average molecular weight is 802 g/mol. The maximum absolute atomic E-state index is 12.5. The number of aliphatic hydroxyl groups is 5. The fraction of sp³-hybridized carbons (Fsp3) is 0.444. The van der Waals surface area contributed by atoms with Crippen LogP contribution in [0.1, 0.15) is 17.4 Å². The predicted molar refractivity (Wildman–Crippen MR) is 181 cm³/mol. The largest absolute Gasteiger partial charge is 0.481 e. The monoisotopic (exact) mass is 801 g/mol. The van der Waals surface area contributed by atoms with Crippen molar-refractivity contribution in [2.24, 2.45) is 0 Å². The number of aromatic nitrogens is 8. The fourth-order valence-corrected chi connectivity index (χ4v) is 7.87. The first-order chi connectivity index (χ1) is 24.9. The lowest BCUT2D eigenvalue weighted by Gasteiger charge is -2.26. The van der Waals surface area contributed by atoms with Crippen LogP contribution in [0, 0.1) is 18.5 Å². The van der Waals surface area contributed by atoms with E-state index < -0.39 is 83.9 Å². The van der Waals surface area contributed by atoms with Gasteiger partial charge < -0.3 is 50.4 Å². The number of H-pyrrole nitrogens is 1. The van der Waals surface area contributed by atoms with Crippen LogP contribution in [0.3, 0.4) is 0 Å². The van der Waals surface area contributed by atoms with E-state index in [1.807, 2.05) is 13.8 Å². The average Bonchev–Trinajstić information content (AvgIpc) is 3.63. The summed E-state index contributed by atoms with van der Waals surface area (Å²) in [5.41, 5.74) is 7.92. The lowest BCUT2D eigenvalue weighted by atomic mass is 10.1. The Morgan fingerprint density at radius 2 is 1.72 bits per heavy atom. The molecule has 2 aromatic heterocycles. The van der Waals surface area contributed by atoms with Crippen LogP contribution in [0.25, 0.3) is 33.7 Å². The molecule has 53 heavy (non-hydrogen) atoms. The number of phosphoric acid groups is 2. The molecular weight excluding hydrogens is 768 g/mol. The van der Waals surface area contributed by atoms with E-state index in [1.165, 1.54) is 15.5 Å². The molecule has 3 aliphatic heterocycles. The van der Waals surface area contributed by atoms with Crippen molar-refractivity contribution < 1.29 is 62.5 Å². The van der Waals surface area contributed by atoms with Crippen LogP contribution in [0.4, 0.5) is 5.82 Å². The fourth-order valence-electron chi connectivity index (χ4n) is 5.55. The normalized spacial score (nSPS) is 23.3. The first-order valence-corrected chi connectivity index (χ1v) is 18.8. The second-order valence-electron chi connectivity index (χ2n) is 12.1. The van der Waals surface area contributed by atoms with Gasteiger partial charge in [0, 0.05) is 0 Å². The van der Waals surface area contributed by atoms with Crippen molar-refractivity contribution in [1.82, 2.24) is 39.0 Å². The van der Waals surface area contributed by atoms with E-state index in [0.717, 1.165) is 17.5 Å². The zero-order chi connectivity index (χ0) is 38.6. The number of aryl methyl sites for hydroxylation is 2. The van der Waals surface area contributed by atoms with Gasteiger partial charge in [-0.15, -0.1) is 0 Å². The molecular formula is C27H33N9O14P2S. The number of nitrogens with zero attached hydrogens (tertiary/aromatic N) is 7. The van der Waals surface area contributed by atoms with Crippen molar-refractivity contribution >= 4 is 55.9 Å². The number of fused-ring (bicyclic) bond motifs is 3. The number of nitrogens with two attached hydrogens (primary N) is 1. The molecule has 3 aliphatic rings. The van der Waals surface area contributed by atoms with Crippen LogP contribution < -0.4 is 11.4 Å². The molecule has 1 saturated heterocycles. The standard InChI is InChI=1S/C27H33N9O14P2S/c1-10-3-12-13(4-11(10)2)35(24-18(32-12)25(53)34-27(42)33-24)5-14(37)19(39)15(38)6-47-51(43,44)50-52(45,46)48-7-16-20(40)21(41)26(49-16)36-9-31-17-22(28)29-8-30-23(17)36/h3-4,8-9,14-16,19-21,26,37-41H,5-7H2,1-2H3,(H,43,44)(H,45,46)(H2,28,29,30)(H,34,42,53)/t14-,15+,16+,19-,20+,21+,26+/m0/s1. The number of nitrogens with one attached hydrogen (secondary N) is 1. The quantitative estimate of drug-likeness (QED) is 0.0389. The van der Waals surface area contributed by atoms with Crippen molar-refractivity contribution in [3.8, 4) is 11.5 Å². The van der Waals surface area contributed by atoms with E-state index in [1.54, 1.807) is 12.1 Å². The molecule has 0 saturated carbocycles. The molecule has 6 rings (SSSR count). The van der Waals surface area contributed by atoms with Crippen LogP contribution in [-0.2, 0) is 33.8 Å². The summed E-state index contributed by atoms with van der Waals surface area (Å²) in [6.07, 6.45) is -9.72. The number of hydrogen-bond donors (Lipinski definition) is 9. The SMILES string of the molecule is Cc1cc2nc3c(=S)[nH]c(=O)nc-3n(C[C@H](O)[C@H](O)[C@H](O)COP(=O)(O)OP(=O)(O)OC[C@H]3O[C@@H](n4cnc5c(N)ncnc54)[C@H](O)[C@@H]3O)c2cc1C. The molecule has 1 aromatic carbocycles. The van der Waals surface area contributed by atoms with Crippen molar-refractivity contribution in [2.75, 3.05) is 18.9 Å². The van der Waals surface area contributed by atoms with Gasteiger partial charge in [0.15, 0.2) is 23.5 Å². The molecule has 286 valence electrons.